The van der Waals surface area contributed by atoms with Gasteiger partial charge in [-0.25, -0.2) is 28.7 Å². The fraction of sp³-hybridized carbons (Fsp3) is 0.0385. The Balaban J connectivity index is 0.00000249. The maximum atomic E-state index is 14.5. The minimum absolute atomic E-state index is 0. The standard InChI is InChI=1S/C52H29F2N7O2.2Pt/c1-30-22-40-41-23-31(2)49(63-35-13-15-39-37-9-4-6-11-43(37)60(45(39)27-35)51-25-33(54)17-21-56-51)29-47(41)61(52-57-18-7-19-58-52)46(40)28-48(30)62-34-12-14-38-36-8-3-5-10-42(36)59(44(38)26-34)50-24-32(53)16-20-55-50;;/h3-25H,1-2H3;;/q-4;2*+2. The van der Waals surface area contributed by atoms with E-state index in [9.17, 15) is 8.78 Å². The van der Waals surface area contributed by atoms with Crippen molar-refractivity contribution in [3.05, 3.63) is 187 Å². The maximum Gasteiger partial charge on any atom is 2.00 e. The first-order valence-corrected chi connectivity index (χ1v) is 20.1. The van der Waals surface area contributed by atoms with Gasteiger partial charge < -0.3 is 23.2 Å². The average Bonchev–Trinajstić information content (AvgIpc) is 3.91. The SMILES string of the molecule is Cc1cc2c3cc(C)c(Oc4[c-]c5c(cc4)c4ccccc4n5-c4cc(F)ccn4)[c-]c3n(-c3ncccn3)c2[c-]c1Oc1[c-]c2c(cc1)c1ccccc1n2-c1cc(F)ccn1.[Pt+2].[Pt+2]. The van der Waals surface area contributed by atoms with Gasteiger partial charge in [-0.15, -0.1) is 58.3 Å². The van der Waals surface area contributed by atoms with Crippen LogP contribution in [0.4, 0.5) is 8.78 Å². The first kappa shape index (κ1) is 41.9. The number of halogens is 2. The zero-order chi connectivity index (χ0) is 42.3. The van der Waals surface area contributed by atoms with Crippen molar-refractivity contribution in [2.45, 2.75) is 13.8 Å². The van der Waals surface area contributed by atoms with Crippen LogP contribution in [0.3, 0.4) is 0 Å². The zero-order valence-corrected chi connectivity index (χ0v) is 38.7. The molecule has 0 aliphatic rings. The molecule has 0 amide bonds. The molecule has 0 N–H and O–H groups in total. The van der Waals surface area contributed by atoms with Gasteiger partial charge in [0.15, 0.2) is 0 Å². The van der Waals surface area contributed by atoms with Gasteiger partial charge >= 0.3 is 42.1 Å². The van der Waals surface area contributed by atoms with Crippen LogP contribution in [-0.4, -0.2) is 33.6 Å². The Morgan fingerprint density at radius 2 is 0.877 bits per heavy atom. The van der Waals surface area contributed by atoms with Crippen LogP contribution in [0, 0.1) is 49.7 Å². The number of aromatic nitrogens is 7. The van der Waals surface area contributed by atoms with E-state index < -0.39 is 0 Å². The molecule has 0 radical (unpaired) electrons. The van der Waals surface area contributed by atoms with Gasteiger partial charge in [0.2, 0.25) is 5.95 Å². The zero-order valence-electron chi connectivity index (χ0n) is 34.1. The van der Waals surface area contributed by atoms with Crippen molar-refractivity contribution in [1.82, 2.24) is 33.6 Å². The van der Waals surface area contributed by atoms with Gasteiger partial charge in [0.1, 0.15) is 23.3 Å². The van der Waals surface area contributed by atoms with E-state index in [1.165, 1.54) is 36.7 Å². The molecule has 6 heterocycles. The second-order valence-electron chi connectivity index (χ2n) is 15.2. The summed E-state index contributed by atoms with van der Waals surface area (Å²) in [5, 5.41) is 5.60. The van der Waals surface area contributed by atoms with Gasteiger partial charge in [-0.05, 0) is 41.1 Å². The quantitative estimate of drug-likeness (QED) is 0.148. The van der Waals surface area contributed by atoms with Gasteiger partial charge in [-0.3, -0.25) is 0 Å². The third kappa shape index (κ3) is 6.98. The van der Waals surface area contributed by atoms with Gasteiger partial charge in [-0.1, -0.05) is 72.3 Å². The molecule has 0 aliphatic carbocycles. The number of rotatable bonds is 7. The number of fused-ring (bicyclic) bond motifs is 9. The molecule has 318 valence electrons. The van der Waals surface area contributed by atoms with E-state index >= 15 is 0 Å². The van der Waals surface area contributed by atoms with Crippen LogP contribution in [0.2, 0.25) is 0 Å². The third-order valence-corrected chi connectivity index (χ3v) is 11.3. The van der Waals surface area contributed by atoms with E-state index in [1.54, 1.807) is 18.5 Å². The molecule has 6 aromatic carbocycles. The summed E-state index contributed by atoms with van der Waals surface area (Å²) in [7, 11) is 0. The van der Waals surface area contributed by atoms with Gasteiger partial charge in [0.05, 0.1) is 0 Å². The minimum atomic E-state index is -0.389. The van der Waals surface area contributed by atoms with Crippen molar-refractivity contribution in [2.24, 2.45) is 0 Å². The normalized spacial score (nSPS) is 11.4. The fourth-order valence-electron chi connectivity index (χ4n) is 8.54. The van der Waals surface area contributed by atoms with E-state index in [4.69, 9.17) is 9.47 Å². The summed E-state index contributed by atoms with van der Waals surface area (Å²) in [5.41, 5.74) is 6.13. The van der Waals surface area contributed by atoms with Gasteiger partial charge in [0, 0.05) is 71.0 Å². The molecule has 0 saturated carbocycles. The molecule has 0 atom stereocenters. The predicted octanol–water partition coefficient (Wildman–Crippen LogP) is 12.2. The molecule has 0 bridgehead atoms. The Morgan fingerprint density at radius 3 is 1.34 bits per heavy atom. The first-order valence-electron chi connectivity index (χ1n) is 20.1. The summed E-state index contributed by atoms with van der Waals surface area (Å²) >= 11 is 0. The monoisotopic (exact) mass is 1210 g/mol. The van der Waals surface area contributed by atoms with Gasteiger partial charge in [0.25, 0.3) is 0 Å². The van der Waals surface area contributed by atoms with Crippen LogP contribution in [0.15, 0.2) is 140 Å². The van der Waals surface area contributed by atoms with Crippen molar-refractivity contribution >= 4 is 65.4 Å². The van der Waals surface area contributed by atoms with Crippen molar-refractivity contribution in [3.63, 3.8) is 0 Å². The second kappa shape index (κ2) is 16.5. The van der Waals surface area contributed by atoms with E-state index in [1.807, 2.05) is 100 Å². The summed E-state index contributed by atoms with van der Waals surface area (Å²) in [6.45, 7) is 3.94. The second-order valence-corrected chi connectivity index (χ2v) is 15.2. The molecule has 0 spiro atoms. The molecule has 65 heavy (non-hydrogen) atoms. The van der Waals surface area contributed by atoms with E-state index in [2.05, 4.69) is 56.3 Å². The predicted molar refractivity (Wildman–Crippen MR) is 238 cm³/mol. The molecule has 13 heteroatoms. The molecule has 0 saturated heterocycles. The van der Waals surface area contributed by atoms with Crippen LogP contribution in [0.1, 0.15) is 11.1 Å². The average molecular weight is 1210 g/mol. The summed E-state index contributed by atoms with van der Waals surface area (Å²) in [6, 6.07) is 48.9. The Kier molecular flexibility index (Phi) is 10.6. The third-order valence-electron chi connectivity index (χ3n) is 11.3. The van der Waals surface area contributed by atoms with Gasteiger partial charge in [-0.2, -0.15) is 35.0 Å². The van der Waals surface area contributed by atoms with Crippen LogP contribution in [0.25, 0.3) is 83.0 Å². The number of pyridine rings is 2. The summed E-state index contributed by atoms with van der Waals surface area (Å²) in [5.74, 6) is 2.34. The van der Waals surface area contributed by atoms with Crippen molar-refractivity contribution in [3.8, 4) is 40.6 Å². The first-order chi connectivity index (χ1) is 30.9. The van der Waals surface area contributed by atoms with E-state index in [0.29, 0.717) is 62.6 Å². The summed E-state index contributed by atoms with van der Waals surface area (Å²) in [6.07, 6.45) is 6.28. The van der Waals surface area contributed by atoms with Crippen molar-refractivity contribution in [2.75, 3.05) is 0 Å². The Labute approximate surface area is 398 Å². The molecule has 0 unspecified atom stereocenters. The van der Waals surface area contributed by atoms with Crippen LogP contribution < -0.4 is 9.47 Å². The van der Waals surface area contributed by atoms with Crippen LogP contribution >= 0.6 is 0 Å². The molecule has 0 aliphatic heterocycles. The van der Waals surface area contributed by atoms with E-state index in [0.717, 1.165) is 54.5 Å². The molecular formula is C52H29F2N7O2Pt2. The number of nitrogens with zero attached hydrogens (tertiary/aromatic N) is 7. The summed E-state index contributed by atoms with van der Waals surface area (Å²) in [4.78, 5) is 18.3. The Morgan fingerprint density at radius 1 is 0.431 bits per heavy atom. The molecule has 12 aromatic rings. The molecule has 6 aromatic heterocycles. The smallest absolute Gasteiger partial charge is 0.509 e. The molecule has 0 fully saturated rings. The van der Waals surface area contributed by atoms with Crippen LogP contribution in [-0.2, 0) is 42.1 Å². The number of hydrogen-bond donors (Lipinski definition) is 0. The largest absolute Gasteiger partial charge is 2.00 e. The number of hydrogen-bond acceptors (Lipinski definition) is 6. The van der Waals surface area contributed by atoms with E-state index in [-0.39, 0.29) is 53.8 Å². The number of aryl methyl sites for hydroxylation is 2. The number of ether oxygens (including phenoxy) is 2. The Hall–Kier alpha value is -7.06. The van der Waals surface area contributed by atoms with Crippen LogP contribution in [0.5, 0.6) is 23.0 Å². The number of para-hydroxylation sites is 2. The molecular weight excluding hydrogens is 1180 g/mol. The minimum Gasteiger partial charge on any atom is -0.509 e. The van der Waals surface area contributed by atoms with Crippen molar-refractivity contribution < 1.29 is 60.4 Å². The summed E-state index contributed by atoms with van der Waals surface area (Å²) < 4.78 is 47.9. The fourth-order valence-corrected chi connectivity index (χ4v) is 8.54. The topological polar surface area (TPSA) is 84.8 Å². The maximum absolute atomic E-state index is 14.5. The van der Waals surface area contributed by atoms with Crippen molar-refractivity contribution in [1.29, 1.82) is 0 Å². The Bertz CT molecular complexity index is 3600. The number of benzene rings is 6. The molecule has 12 rings (SSSR count). The molecule has 9 nitrogen and oxygen atoms in total.